The van der Waals surface area contributed by atoms with Crippen molar-refractivity contribution >= 4 is 5.97 Å². The fourth-order valence-corrected chi connectivity index (χ4v) is 1.63. The van der Waals surface area contributed by atoms with Crippen molar-refractivity contribution in [2.24, 2.45) is 5.73 Å². The molecule has 19 heavy (non-hydrogen) atoms. The van der Waals surface area contributed by atoms with Crippen LogP contribution in [0.3, 0.4) is 0 Å². The molecule has 2 N–H and O–H groups in total. The highest BCUT2D eigenvalue weighted by Crippen LogP contribution is 2.20. The minimum atomic E-state index is -0.617. The van der Waals surface area contributed by atoms with Gasteiger partial charge in [0.25, 0.3) is 0 Å². The van der Waals surface area contributed by atoms with E-state index in [-0.39, 0.29) is 5.97 Å². The SMILES string of the molecule is CCOC(=O)C(N)CCOc1cccc(C(C)C)c1. The highest BCUT2D eigenvalue weighted by molar-refractivity contribution is 5.75. The van der Waals surface area contributed by atoms with E-state index in [0.29, 0.717) is 25.6 Å². The minimum absolute atomic E-state index is 0.351. The van der Waals surface area contributed by atoms with Gasteiger partial charge in [-0.05, 0) is 30.5 Å². The number of carbonyl (C=O) groups is 1. The van der Waals surface area contributed by atoms with E-state index in [0.717, 1.165) is 5.75 Å². The van der Waals surface area contributed by atoms with Crippen LogP contribution in [-0.4, -0.2) is 25.2 Å². The van der Waals surface area contributed by atoms with Crippen molar-refractivity contribution in [3.63, 3.8) is 0 Å². The van der Waals surface area contributed by atoms with Gasteiger partial charge >= 0.3 is 5.97 Å². The van der Waals surface area contributed by atoms with Crippen molar-refractivity contribution in [2.75, 3.05) is 13.2 Å². The van der Waals surface area contributed by atoms with Gasteiger partial charge in [0, 0.05) is 6.42 Å². The van der Waals surface area contributed by atoms with Crippen molar-refractivity contribution in [3.8, 4) is 5.75 Å². The molecule has 0 aliphatic carbocycles. The van der Waals surface area contributed by atoms with E-state index in [4.69, 9.17) is 15.2 Å². The van der Waals surface area contributed by atoms with E-state index >= 15 is 0 Å². The molecule has 4 heteroatoms. The second-order valence-corrected chi connectivity index (χ2v) is 4.72. The summed E-state index contributed by atoms with van der Waals surface area (Å²) in [6, 6.07) is 7.34. The Morgan fingerprint density at radius 1 is 1.37 bits per heavy atom. The summed E-state index contributed by atoms with van der Waals surface area (Å²) in [5.74, 6) is 0.898. The van der Waals surface area contributed by atoms with Crippen molar-refractivity contribution in [1.29, 1.82) is 0 Å². The van der Waals surface area contributed by atoms with Crippen LogP contribution in [0.4, 0.5) is 0 Å². The monoisotopic (exact) mass is 265 g/mol. The third-order valence-corrected chi connectivity index (χ3v) is 2.81. The molecular weight excluding hydrogens is 242 g/mol. The van der Waals surface area contributed by atoms with Crippen molar-refractivity contribution < 1.29 is 14.3 Å². The summed E-state index contributed by atoms with van der Waals surface area (Å²) < 4.78 is 10.4. The Labute approximate surface area is 114 Å². The molecule has 1 aromatic rings. The van der Waals surface area contributed by atoms with E-state index in [1.165, 1.54) is 5.56 Å². The third kappa shape index (κ3) is 5.30. The van der Waals surface area contributed by atoms with Crippen LogP contribution >= 0.6 is 0 Å². The van der Waals surface area contributed by atoms with Crippen LogP contribution in [-0.2, 0) is 9.53 Å². The summed E-state index contributed by atoms with van der Waals surface area (Å²) in [5.41, 5.74) is 6.92. The summed E-state index contributed by atoms with van der Waals surface area (Å²) in [7, 11) is 0. The molecule has 0 saturated carbocycles. The lowest BCUT2D eigenvalue weighted by Gasteiger charge is -2.12. The number of carbonyl (C=O) groups excluding carboxylic acids is 1. The second-order valence-electron chi connectivity index (χ2n) is 4.72. The molecule has 0 amide bonds. The molecule has 0 bridgehead atoms. The van der Waals surface area contributed by atoms with E-state index in [1.807, 2.05) is 18.2 Å². The lowest BCUT2D eigenvalue weighted by atomic mass is 10.0. The number of hydrogen-bond acceptors (Lipinski definition) is 4. The summed E-state index contributed by atoms with van der Waals surface area (Å²) in [6.07, 6.45) is 0.449. The highest BCUT2D eigenvalue weighted by Gasteiger charge is 2.14. The van der Waals surface area contributed by atoms with Crippen LogP contribution in [0.15, 0.2) is 24.3 Å². The van der Waals surface area contributed by atoms with Gasteiger partial charge in [0.05, 0.1) is 13.2 Å². The summed E-state index contributed by atoms with van der Waals surface area (Å²) in [6.45, 7) is 6.79. The first-order chi connectivity index (χ1) is 9.04. The molecule has 1 aromatic carbocycles. The molecule has 0 saturated heterocycles. The van der Waals surface area contributed by atoms with Gasteiger partial charge in [0.2, 0.25) is 0 Å². The maximum Gasteiger partial charge on any atom is 0.323 e. The largest absolute Gasteiger partial charge is 0.494 e. The molecule has 1 rings (SSSR count). The number of ether oxygens (including phenoxy) is 2. The third-order valence-electron chi connectivity index (χ3n) is 2.81. The zero-order chi connectivity index (χ0) is 14.3. The Bertz CT molecular complexity index is 404. The Kier molecular flexibility index (Phi) is 6.36. The van der Waals surface area contributed by atoms with Gasteiger partial charge in [-0.1, -0.05) is 26.0 Å². The van der Waals surface area contributed by atoms with Crippen LogP contribution in [0.2, 0.25) is 0 Å². The standard InChI is InChI=1S/C15H23NO3/c1-4-18-15(17)14(16)8-9-19-13-7-5-6-12(10-13)11(2)3/h5-7,10-11,14H,4,8-9,16H2,1-3H3. The molecule has 0 spiro atoms. The summed E-state index contributed by atoms with van der Waals surface area (Å²) >= 11 is 0. The summed E-state index contributed by atoms with van der Waals surface area (Å²) in [5, 5.41) is 0. The number of nitrogens with two attached hydrogens (primary N) is 1. The minimum Gasteiger partial charge on any atom is -0.494 e. The summed E-state index contributed by atoms with van der Waals surface area (Å²) in [4.78, 5) is 11.3. The zero-order valence-electron chi connectivity index (χ0n) is 11.9. The Hall–Kier alpha value is -1.55. The van der Waals surface area contributed by atoms with Crippen LogP contribution in [0.25, 0.3) is 0 Å². The molecule has 0 heterocycles. The first-order valence-corrected chi connectivity index (χ1v) is 6.69. The van der Waals surface area contributed by atoms with Gasteiger partial charge in [-0.3, -0.25) is 4.79 Å². The topological polar surface area (TPSA) is 61.5 Å². The van der Waals surface area contributed by atoms with E-state index in [9.17, 15) is 4.79 Å². The smallest absolute Gasteiger partial charge is 0.323 e. The molecule has 4 nitrogen and oxygen atoms in total. The van der Waals surface area contributed by atoms with Crippen LogP contribution in [0, 0.1) is 0 Å². The zero-order valence-corrected chi connectivity index (χ0v) is 11.9. The molecule has 0 fully saturated rings. The van der Waals surface area contributed by atoms with Crippen LogP contribution < -0.4 is 10.5 Å². The molecule has 0 aliphatic heterocycles. The van der Waals surface area contributed by atoms with Gasteiger partial charge in [-0.2, -0.15) is 0 Å². The van der Waals surface area contributed by atoms with Crippen molar-refractivity contribution in [2.45, 2.75) is 39.2 Å². The second kappa shape index (κ2) is 7.79. The molecule has 106 valence electrons. The number of hydrogen-bond donors (Lipinski definition) is 1. The molecule has 1 unspecified atom stereocenters. The molecule has 0 aliphatic rings. The van der Waals surface area contributed by atoms with Crippen LogP contribution in [0.1, 0.15) is 38.7 Å². The van der Waals surface area contributed by atoms with Gasteiger partial charge < -0.3 is 15.2 Å². The molecular formula is C15H23NO3. The average molecular weight is 265 g/mol. The van der Waals surface area contributed by atoms with E-state index < -0.39 is 6.04 Å². The number of rotatable bonds is 7. The number of benzene rings is 1. The van der Waals surface area contributed by atoms with E-state index in [2.05, 4.69) is 19.9 Å². The maximum atomic E-state index is 11.3. The highest BCUT2D eigenvalue weighted by atomic mass is 16.5. The number of esters is 1. The fraction of sp³-hybridized carbons (Fsp3) is 0.533. The maximum absolute atomic E-state index is 11.3. The fourth-order valence-electron chi connectivity index (χ4n) is 1.63. The first-order valence-electron chi connectivity index (χ1n) is 6.69. The predicted molar refractivity (Wildman–Crippen MR) is 75.3 cm³/mol. The molecule has 1 atom stereocenters. The van der Waals surface area contributed by atoms with Gasteiger partial charge in [0.15, 0.2) is 0 Å². The average Bonchev–Trinajstić information content (AvgIpc) is 2.39. The molecule has 0 radical (unpaired) electrons. The van der Waals surface area contributed by atoms with Crippen molar-refractivity contribution in [3.05, 3.63) is 29.8 Å². The first kappa shape index (κ1) is 15.5. The predicted octanol–water partition coefficient (Wildman–Crippen LogP) is 2.47. The lowest BCUT2D eigenvalue weighted by Crippen LogP contribution is -2.33. The Morgan fingerprint density at radius 2 is 2.11 bits per heavy atom. The van der Waals surface area contributed by atoms with Crippen molar-refractivity contribution in [1.82, 2.24) is 0 Å². The Balaban J connectivity index is 2.40. The van der Waals surface area contributed by atoms with E-state index in [1.54, 1.807) is 6.92 Å². The lowest BCUT2D eigenvalue weighted by molar-refractivity contribution is -0.145. The van der Waals surface area contributed by atoms with Gasteiger partial charge in [0.1, 0.15) is 11.8 Å². The van der Waals surface area contributed by atoms with Gasteiger partial charge in [-0.25, -0.2) is 0 Å². The van der Waals surface area contributed by atoms with Gasteiger partial charge in [-0.15, -0.1) is 0 Å². The molecule has 0 aromatic heterocycles. The van der Waals surface area contributed by atoms with Crippen LogP contribution in [0.5, 0.6) is 5.75 Å². The Morgan fingerprint density at radius 3 is 2.74 bits per heavy atom. The normalized spacial score (nSPS) is 12.3. The quantitative estimate of drug-likeness (QED) is 0.769.